The quantitative estimate of drug-likeness (QED) is 0.869. The van der Waals surface area contributed by atoms with Crippen molar-refractivity contribution in [1.29, 1.82) is 0 Å². The summed E-state index contributed by atoms with van der Waals surface area (Å²) < 4.78 is 2.30. The third-order valence-electron chi connectivity index (χ3n) is 4.31. The first kappa shape index (κ1) is 16.0. The minimum atomic E-state index is -0.0107. The van der Waals surface area contributed by atoms with Gasteiger partial charge in [0.2, 0.25) is 0 Å². The van der Waals surface area contributed by atoms with Crippen molar-refractivity contribution in [1.82, 2.24) is 19.5 Å². The average Bonchev–Trinajstić information content (AvgIpc) is 2.90. The van der Waals surface area contributed by atoms with Gasteiger partial charge in [0, 0.05) is 55.5 Å². The van der Waals surface area contributed by atoms with Gasteiger partial charge in [0.1, 0.15) is 17.5 Å². The zero-order chi connectivity index (χ0) is 16.6. The summed E-state index contributed by atoms with van der Waals surface area (Å²) in [6.45, 7) is 14.0. The van der Waals surface area contributed by atoms with E-state index < -0.39 is 0 Å². The van der Waals surface area contributed by atoms with E-state index in [1.165, 1.54) is 5.82 Å². The van der Waals surface area contributed by atoms with Crippen LogP contribution in [0.5, 0.6) is 0 Å². The highest BCUT2D eigenvalue weighted by atomic mass is 15.3. The van der Waals surface area contributed by atoms with Crippen molar-refractivity contribution in [2.45, 2.75) is 52.5 Å². The van der Waals surface area contributed by atoms with E-state index in [2.05, 4.69) is 60.3 Å². The van der Waals surface area contributed by atoms with Gasteiger partial charge in [0.05, 0.1) is 0 Å². The molecule has 3 rings (SSSR count). The normalized spacial score (nSPS) is 16.0. The first-order chi connectivity index (χ1) is 10.8. The molecular formula is C18H27N5. The lowest BCUT2D eigenvalue weighted by Crippen LogP contribution is -2.49. The van der Waals surface area contributed by atoms with Crippen LogP contribution in [0.2, 0.25) is 0 Å². The SMILES string of the molecule is CC(C)c1nccn1CC1CN(c2ccnc(C(C)(C)C)n2)C1. The summed E-state index contributed by atoms with van der Waals surface area (Å²) in [6, 6.07) is 2.02. The van der Waals surface area contributed by atoms with Crippen LogP contribution >= 0.6 is 0 Å². The summed E-state index contributed by atoms with van der Waals surface area (Å²) in [7, 11) is 0. The molecule has 0 radical (unpaired) electrons. The molecule has 124 valence electrons. The molecule has 2 aromatic rings. The average molecular weight is 313 g/mol. The van der Waals surface area contributed by atoms with E-state index in [9.17, 15) is 0 Å². The Morgan fingerprint density at radius 2 is 1.91 bits per heavy atom. The van der Waals surface area contributed by atoms with Crippen LogP contribution in [-0.4, -0.2) is 32.6 Å². The highest BCUT2D eigenvalue weighted by molar-refractivity contribution is 5.41. The predicted molar refractivity (Wildman–Crippen MR) is 92.8 cm³/mol. The number of hydrogen-bond donors (Lipinski definition) is 0. The third kappa shape index (κ3) is 3.38. The second-order valence-corrected chi connectivity index (χ2v) is 7.85. The molecule has 1 fully saturated rings. The van der Waals surface area contributed by atoms with Crippen LogP contribution in [0.25, 0.3) is 0 Å². The zero-order valence-corrected chi connectivity index (χ0v) is 14.8. The molecule has 0 unspecified atom stereocenters. The number of hydrogen-bond acceptors (Lipinski definition) is 4. The van der Waals surface area contributed by atoms with E-state index in [1.54, 1.807) is 0 Å². The lowest BCUT2D eigenvalue weighted by Gasteiger charge is -2.40. The van der Waals surface area contributed by atoms with Crippen LogP contribution < -0.4 is 4.90 Å². The first-order valence-electron chi connectivity index (χ1n) is 8.44. The Kier molecular flexibility index (Phi) is 4.13. The summed E-state index contributed by atoms with van der Waals surface area (Å²) >= 11 is 0. The number of imidazole rings is 1. The fourth-order valence-corrected chi connectivity index (χ4v) is 3.01. The molecule has 0 aromatic carbocycles. The van der Waals surface area contributed by atoms with Crippen molar-refractivity contribution in [3.8, 4) is 0 Å². The molecule has 5 nitrogen and oxygen atoms in total. The fraction of sp³-hybridized carbons (Fsp3) is 0.611. The molecule has 0 saturated carbocycles. The molecular weight excluding hydrogens is 286 g/mol. The van der Waals surface area contributed by atoms with Gasteiger partial charge in [-0.25, -0.2) is 15.0 Å². The molecule has 23 heavy (non-hydrogen) atoms. The van der Waals surface area contributed by atoms with Crippen molar-refractivity contribution in [3.63, 3.8) is 0 Å². The maximum Gasteiger partial charge on any atom is 0.135 e. The van der Waals surface area contributed by atoms with Crippen molar-refractivity contribution in [2.24, 2.45) is 5.92 Å². The molecule has 0 atom stereocenters. The van der Waals surface area contributed by atoms with Gasteiger partial charge in [-0.3, -0.25) is 0 Å². The third-order valence-corrected chi connectivity index (χ3v) is 4.31. The number of nitrogens with zero attached hydrogens (tertiary/aromatic N) is 5. The summed E-state index contributed by atoms with van der Waals surface area (Å²) in [5.74, 6) is 4.28. The minimum Gasteiger partial charge on any atom is -0.356 e. The Morgan fingerprint density at radius 3 is 2.57 bits per heavy atom. The number of rotatable bonds is 4. The lowest BCUT2D eigenvalue weighted by atomic mass is 9.95. The summed E-state index contributed by atoms with van der Waals surface area (Å²) in [5.41, 5.74) is -0.0107. The second-order valence-electron chi connectivity index (χ2n) is 7.85. The number of aromatic nitrogens is 4. The molecule has 0 aliphatic carbocycles. The van der Waals surface area contributed by atoms with Crippen molar-refractivity contribution in [3.05, 3.63) is 36.3 Å². The van der Waals surface area contributed by atoms with Crippen LogP contribution in [-0.2, 0) is 12.0 Å². The van der Waals surface area contributed by atoms with Crippen LogP contribution in [0.4, 0.5) is 5.82 Å². The van der Waals surface area contributed by atoms with Crippen molar-refractivity contribution < 1.29 is 0 Å². The van der Waals surface area contributed by atoms with Gasteiger partial charge in [-0.15, -0.1) is 0 Å². The predicted octanol–water partition coefficient (Wildman–Crippen LogP) is 3.23. The lowest BCUT2D eigenvalue weighted by molar-refractivity contribution is 0.348. The topological polar surface area (TPSA) is 46.8 Å². The van der Waals surface area contributed by atoms with E-state index in [1.807, 2.05) is 18.5 Å². The summed E-state index contributed by atoms with van der Waals surface area (Å²) in [5, 5.41) is 0. The zero-order valence-electron chi connectivity index (χ0n) is 14.8. The first-order valence-corrected chi connectivity index (χ1v) is 8.44. The Labute approximate surface area is 138 Å². The van der Waals surface area contributed by atoms with E-state index in [0.717, 1.165) is 31.3 Å². The van der Waals surface area contributed by atoms with Crippen LogP contribution in [0.1, 0.15) is 52.2 Å². The monoisotopic (exact) mass is 313 g/mol. The van der Waals surface area contributed by atoms with Gasteiger partial charge >= 0.3 is 0 Å². The molecule has 5 heteroatoms. The van der Waals surface area contributed by atoms with Crippen LogP contribution in [0.15, 0.2) is 24.7 Å². The second kappa shape index (κ2) is 5.95. The smallest absolute Gasteiger partial charge is 0.135 e. The molecule has 3 heterocycles. The largest absolute Gasteiger partial charge is 0.356 e. The van der Waals surface area contributed by atoms with E-state index in [-0.39, 0.29) is 5.41 Å². The maximum absolute atomic E-state index is 4.74. The number of anilines is 1. The van der Waals surface area contributed by atoms with Gasteiger partial charge in [-0.1, -0.05) is 34.6 Å². The Morgan fingerprint density at radius 1 is 1.17 bits per heavy atom. The summed E-state index contributed by atoms with van der Waals surface area (Å²) in [6.07, 6.45) is 5.88. The highest BCUT2D eigenvalue weighted by Gasteiger charge is 2.29. The molecule has 1 aliphatic rings. The molecule has 0 N–H and O–H groups in total. The highest BCUT2D eigenvalue weighted by Crippen LogP contribution is 2.27. The molecule has 0 amide bonds. The van der Waals surface area contributed by atoms with Crippen molar-refractivity contribution in [2.75, 3.05) is 18.0 Å². The van der Waals surface area contributed by atoms with Crippen LogP contribution in [0.3, 0.4) is 0 Å². The molecule has 0 bridgehead atoms. The summed E-state index contributed by atoms with van der Waals surface area (Å²) in [4.78, 5) is 16.0. The van der Waals surface area contributed by atoms with E-state index in [4.69, 9.17) is 4.98 Å². The van der Waals surface area contributed by atoms with Gasteiger partial charge < -0.3 is 9.47 Å². The molecule has 0 spiro atoms. The Balaban J connectivity index is 1.62. The Bertz CT molecular complexity index is 662. The van der Waals surface area contributed by atoms with Crippen LogP contribution in [0, 0.1) is 5.92 Å². The Hall–Kier alpha value is -1.91. The molecule has 2 aromatic heterocycles. The van der Waals surface area contributed by atoms with Gasteiger partial charge in [-0.05, 0) is 6.07 Å². The van der Waals surface area contributed by atoms with E-state index in [0.29, 0.717) is 11.8 Å². The van der Waals surface area contributed by atoms with Gasteiger partial charge in [0.15, 0.2) is 0 Å². The van der Waals surface area contributed by atoms with Crippen molar-refractivity contribution >= 4 is 5.82 Å². The fourth-order valence-electron chi connectivity index (χ4n) is 3.01. The minimum absolute atomic E-state index is 0.0107. The van der Waals surface area contributed by atoms with E-state index >= 15 is 0 Å². The molecule has 1 aliphatic heterocycles. The van der Waals surface area contributed by atoms with Gasteiger partial charge in [-0.2, -0.15) is 0 Å². The molecule has 1 saturated heterocycles. The standard InChI is InChI=1S/C18H27N5/c1-13(2)16-19-8-9-22(16)10-14-11-23(12-14)15-6-7-20-17(21-15)18(3,4)5/h6-9,13-14H,10-12H2,1-5H3. The van der Waals surface area contributed by atoms with Gasteiger partial charge in [0.25, 0.3) is 0 Å². The maximum atomic E-state index is 4.74.